The molecule has 4 heterocycles. The van der Waals surface area contributed by atoms with Crippen molar-refractivity contribution in [3.05, 3.63) is 95.1 Å². The minimum absolute atomic E-state index is 0.0977. The van der Waals surface area contributed by atoms with Crippen molar-refractivity contribution in [1.82, 2.24) is 35.1 Å². The van der Waals surface area contributed by atoms with Gasteiger partial charge in [-0.3, -0.25) is 19.1 Å². The number of nitrogens with two attached hydrogens (primary N) is 1. The molecule has 1 aromatic carbocycles. The number of carbonyl (C=O) groups is 2. The first kappa shape index (κ1) is 26.7. The van der Waals surface area contributed by atoms with Gasteiger partial charge < -0.3 is 16.4 Å². The maximum Gasteiger partial charge on any atom is 0.253 e. The lowest BCUT2D eigenvalue weighted by atomic mass is 10.1. The van der Waals surface area contributed by atoms with Crippen LogP contribution >= 0.6 is 0 Å². The van der Waals surface area contributed by atoms with Crippen LogP contribution in [0.4, 0.5) is 5.82 Å². The van der Waals surface area contributed by atoms with E-state index in [2.05, 4.69) is 44.6 Å². The second-order valence-electron chi connectivity index (χ2n) is 10.1. The van der Waals surface area contributed by atoms with Gasteiger partial charge in [-0.15, -0.1) is 0 Å². The molecule has 208 valence electrons. The van der Waals surface area contributed by atoms with Gasteiger partial charge in [-0.05, 0) is 85.3 Å². The molecule has 10 nitrogen and oxygen atoms in total. The van der Waals surface area contributed by atoms with Gasteiger partial charge in [0.2, 0.25) is 5.91 Å². The van der Waals surface area contributed by atoms with E-state index in [0.29, 0.717) is 39.6 Å². The number of nitrogens with zero attached hydrogens (tertiary/aromatic N) is 5. The van der Waals surface area contributed by atoms with E-state index < -0.39 is 0 Å². The number of amides is 2. The van der Waals surface area contributed by atoms with Gasteiger partial charge in [0.25, 0.3) is 5.91 Å². The van der Waals surface area contributed by atoms with Crippen molar-refractivity contribution in [3.63, 3.8) is 0 Å². The molecule has 0 saturated carbocycles. The molecule has 4 N–H and O–H groups in total. The summed E-state index contributed by atoms with van der Waals surface area (Å²) in [7, 11) is 0. The van der Waals surface area contributed by atoms with Crippen molar-refractivity contribution in [2.45, 2.75) is 32.7 Å². The number of hydrogen-bond acceptors (Lipinski definition) is 7. The van der Waals surface area contributed by atoms with E-state index in [9.17, 15) is 9.59 Å². The minimum atomic E-state index is -0.143. The fourth-order valence-electron chi connectivity index (χ4n) is 5.10. The van der Waals surface area contributed by atoms with Gasteiger partial charge in [-0.2, -0.15) is 0 Å². The number of benzene rings is 1. The lowest BCUT2D eigenvalue weighted by molar-refractivity contribution is -0.118. The monoisotopic (exact) mass is 556 g/mol. The average Bonchev–Trinajstić information content (AvgIpc) is 3.56. The van der Waals surface area contributed by atoms with Crippen LogP contribution in [0.2, 0.25) is 0 Å². The zero-order chi connectivity index (χ0) is 29.2. The van der Waals surface area contributed by atoms with Crippen LogP contribution in [0.1, 0.15) is 52.3 Å². The van der Waals surface area contributed by atoms with Crippen molar-refractivity contribution < 1.29 is 9.59 Å². The third kappa shape index (κ3) is 5.28. The summed E-state index contributed by atoms with van der Waals surface area (Å²) in [4.78, 5) is 42.3. The minimum Gasteiger partial charge on any atom is -0.383 e. The summed E-state index contributed by atoms with van der Waals surface area (Å²) < 4.78 is 1.96. The van der Waals surface area contributed by atoms with Crippen LogP contribution in [-0.2, 0) is 11.2 Å². The molecular formula is C32H28N8O2. The maximum atomic E-state index is 12.9. The van der Waals surface area contributed by atoms with Gasteiger partial charge in [0.1, 0.15) is 17.0 Å². The van der Waals surface area contributed by atoms with Crippen molar-refractivity contribution in [1.29, 1.82) is 0 Å². The predicted molar refractivity (Wildman–Crippen MR) is 160 cm³/mol. The fourth-order valence-corrected chi connectivity index (χ4v) is 5.10. The molecule has 0 fully saturated rings. The Labute approximate surface area is 242 Å². The molecule has 5 aromatic rings. The number of carbonyl (C=O) groups excluding carboxylic acids is 2. The van der Waals surface area contributed by atoms with E-state index >= 15 is 0 Å². The molecular weight excluding hydrogens is 528 g/mol. The summed E-state index contributed by atoms with van der Waals surface area (Å²) in [6.45, 7) is 3.57. The molecule has 0 aliphatic heterocycles. The van der Waals surface area contributed by atoms with Crippen molar-refractivity contribution >= 4 is 28.8 Å². The normalized spacial score (nSPS) is 13.7. The summed E-state index contributed by atoms with van der Waals surface area (Å²) in [5.74, 6) is 6.63. The third-order valence-electron chi connectivity index (χ3n) is 7.17. The van der Waals surface area contributed by atoms with Gasteiger partial charge in [-0.25, -0.2) is 15.0 Å². The second kappa shape index (κ2) is 11.1. The molecule has 0 bridgehead atoms. The van der Waals surface area contributed by atoms with Gasteiger partial charge in [0.15, 0.2) is 11.5 Å². The second-order valence-corrected chi connectivity index (χ2v) is 10.1. The van der Waals surface area contributed by atoms with E-state index in [1.807, 2.05) is 41.8 Å². The molecule has 1 aliphatic rings. The zero-order valence-electron chi connectivity index (χ0n) is 23.2. The van der Waals surface area contributed by atoms with Crippen molar-refractivity contribution in [2.75, 3.05) is 12.3 Å². The molecule has 1 aliphatic carbocycles. The van der Waals surface area contributed by atoms with Gasteiger partial charge in [0, 0.05) is 30.7 Å². The SMILES string of the molecule is CC(=O)NCC#Cc1ccc2nc(-c3cccnc3N)n(-c3ccc4c(c3)CC[C@@H]4NC(=O)c3ccc(C)nc3)c2n1. The number of pyridine rings is 3. The van der Waals surface area contributed by atoms with E-state index in [1.165, 1.54) is 6.92 Å². The zero-order valence-corrected chi connectivity index (χ0v) is 23.2. The quantitative estimate of drug-likeness (QED) is 0.281. The number of nitrogens with one attached hydrogen (secondary N) is 2. The molecule has 4 aromatic heterocycles. The Balaban J connectivity index is 1.38. The summed E-state index contributed by atoms with van der Waals surface area (Å²) in [6.07, 6.45) is 4.85. The highest BCUT2D eigenvalue weighted by Crippen LogP contribution is 2.36. The number of aryl methyl sites for hydroxylation is 2. The smallest absolute Gasteiger partial charge is 0.253 e. The third-order valence-corrected chi connectivity index (χ3v) is 7.17. The fraction of sp³-hybridized carbons (Fsp3) is 0.188. The summed E-state index contributed by atoms with van der Waals surface area (Å²) >= 11 is 0. The number of rotatable bonds is 5. The van der Waals surface area contributed by atoms with Gasteiger partial charge in [0.05, 0.1) is 23.7 Å². The Morgan fingerprint density at radius 2 is 1.98 bits per heavy atom. The highest BCUT2D eigenvalue weighted by Gasteiger charge is 2.26. The maximum absolute atomic E-state index is 12.9. The van der Waals surface area contributed by atoms with Gasteiger partial charge >= 0.3 is 0 Å². The Hall–Kier alpha value is -5.56. The number of anilines is 1. The number of imidazole rings is 1. The molecule has 0 saturated heterocycles. The van der Waals surface area contributed by atoms with E-state index in [4.69, 9.17) is 15.7 Å². The highest BCUT2D eigenvalue weighted by molar-refractivity contribution is 5.94. The largest absolute Gasteiger partial charge is 0.383 e. The number of fused-ring (bicyclic) bond motifs is 2. The Morgan fingerprint density at radius 3 is 2.76 bits per heavy atom. The molecule has 10 heteroatoms. The van der Waals surface area contributed by atoms with Crippen LogP contribution in [0.5, 0.6) is 0 Å². The van der Waals surface area contributed by atoms with Crippen LogP contribution in [0.3, 0.4) is 0 Å². The van der Waals surface area contributed by atoms with Crippen molar-refractivity contribution in [2.24, 2.45) is 0 Å². The Bertz CT molecular complexity index is 1900. The molecule has 6 rings (SSSR count). The van der Waals surface area contributed by atoms with Gasteiger partial charge in [-0.1, -0.05) is 12.0 Å². The van der Waals surface area contributed by atoms with Crippen LogP contribution in [-0.4, -0.2) is 42.9 Å². The first-order valence-corrected chi connectivity index (χ1v) is 13.6. The lowest BCUT2D eigenvalue weighted by Gasteiger charge is -2.16. The van der Waals surface area contributed by atoms with E-state index in [1.54, 1.807) is 24.5 Å². The van der Waals surface area contributed by atoms with Crippen LogP contribution in [0, 0.1) is 18.8 Å². The summed E-state index contributed by atoms with van der Waals surface area (Å²) in [5, 5.41) is 5.83. The molecule has 2 amide bonds. The highest BCUT2D eigenvalue weighted by atomic mass is 16.2. The topological polar surface area (TPSA) is 141 Å². The standard InChI is InChI=1S/C32H28N8O2/c1-19-7-8-22(18-36-19)32(42)39-27-13-9-21-17-24(11-12-25(21)27)40-30(26-6-4-16-35-29(26)33)38-28-14-10-23(37-31(28)40)5-3-15-34-20(2)41/h4,6-8,10-12,14,16-18,27H,9,13,15H2,1-2H3,(H2,33,35)(H,34,41)(H,39,42)/t27-/m0/s1. The predicted octanol–water partition coefficient (Wildman–Crippen LogP) is 3.67. The van der Waals surface area contributed by atoms with E-state index in [0.717, 1.165) is 35.3 Å². The molecule has 1 atom stereocenters. The van der Waals surface area contributed by atoms with Crippen LogP contribution < -0.4 is 16.4 Å². The molecule has 42 heavy (non-hydrogen) atoms. The Kier molecular flexibility index (Phi) is 7.07. The summed E-state index contributed by atoms with van der Waals surface area (Å²) in [6, 6.07) is 17.1. The average molecular weight is 557 g/mol. The molecule has 0 unspecified atom stereocenters. The lowest BCUT2D eigenvalue weighted by Crippen LogP contribution is -2.27. The van der Waals surface area contributed by atoms with Crippen molar-refractivity contribution in [3.8, 4) is 28.9 Å². The first-order chi connectivity index (χ1) is 20.4. The van der Waals surface area contributed by atoms with E-state index in [-0.39, 0.29) is 24.4 Å². The number of aromatic nitrogens is 5. The summed E-state index contributed by atoms with van der Waals surface area (Å²) in [5.41, 5.74) is 13.3. The number of nitrogen functional groups attached to an aromatic ring is 1. The van der Waals surface area contributed by atoms with Crippen LogP contribution in [0.25, 0.3) is 28.2 Å². The number of hydrogen-bond donors (Lipinski definition) is 3. The molecule has 0 radical (unpaired) electrons. The Morgan fingerprint density at radius 1 is 1.10 bits per heavy atom. The first-order valence-electron chi connectivity index (χ1n) is 13.6. The van der Waals surface area contributed by atoms with Crippen LogP contribution in [0.15, 0.2) is 67.0 Å². The molecule has 0 spiro atoms.